The molecule has 170 valence electrons. The molecule has 0 bridgehead atoms. The van der Waals surface area contributed by atoms with Gasteiger partial charge in [-0.25, -0.2) is 0 Å². The predicted octanol–water partition coefficient (Wildman–Crippen LogP) is 6.88. The Morgan fingerprint density at radius 1 is 1.00 bits per heavy atom. The van der Waals surface area contributed by atoms with E-state index in [0.717, 1.165) is 39.7 Å². The summed E-state index contributed by atoms with van der Waals surface area (Å²) in [6, 6.07) is 12.0. The van der Waals surface area contributed by atoms with Crippen LogP contribution in [0.2, 0.25) is 0 Å². The third-order valence-corrected chi connectivity index (χ3v) is 7.14. The molecule has 0 aliphatic heterocycles. The number of unbranched alkanes of at least 4 members (excludes halogenated alkanes) is 1. The largest absolute Gasteiger partial charge is 0.491 e. The molecular formula is C25H31N3O2S2. The van der Waals surface area contributed by atoms with Crippen LogP contribution in [0.1, 0.15) is 58.1 Å². The van der Waals surface area contributed by atoms with Crippen LogP contribution in [-0.2, 0) is 0 Å². The molecule has 0 aliphatic rings. The quantitative estimate of drug-likeness (QED) is 0.206. The van der Waals surface area contributed by atoms with Crippen molar-refractivity contribution in [2.24, 2.45) is 5.92 Å². The molecule has 0 atom stereocenters. The van der Waals surface area contributed by atoms with Gasteiger partial charge in [-0.1, -0.05) is 51.1 Å². The van der Waals surface area contributed by atoms with Crippen molar-refractivity contribution < 1.29 is 9.47 Å². The standard InChI is InChI=1S/C25H31N3O2S2/c1-5-7-14-31-24-22(30-13-12-17(3)4)18(15-26)19(16-27)23(29-6-2)25(24)32-21-11-9-8-10-20(21)28/h8-11,17H,5-7,12-14,28H2,1-4H3. The maximum atomic E-state index is 9.98. The molecule has 0 aliphatic carbocycles. The second-order valence-electron chi connectivity index (χ2n) is 7.60. The zero-order valence-corrected chi connectivity index (χ0v) is 20.9. The Bertz CT molecular complexity index is 994. The van der Waals surface area contributed by atoms with E-state index < -0.39 is 0 Å². The molecule has 0 heterocycles. The summed E-state index contributed by atoms with van der Waals surface area (Å²) in [6.45, 7) is 9.13. The van der Waals surface area contributed by atoms with Gasteiger partial charge in [0.25, 0.3) is 0 Å². The highest BCUT2D eigenvalue weighted by Gasteiger charge is 2.28. The molecule has 7 heteroatoms. The molecule has 0 fully saturated rings. The van der Waals surface area contributed by atoms with E-state index in [4.69, 9.17) is 15.2 Å². The molecule has 5 nitrogen and oxygen atoms in total. The van der Waals surface area contributed by atoms with E-state index in [1.165, 1.54) is 11.8 Å². The van der Waals surface area contributed by atoms with Gasteiger partial charge in [0.15, 0.2) is 11.5 Å². The number of hydrogen-bond donors (Lipinski definition) is 1. The summed E-state index contributed by atoms with van der Waals surface area (Å²) < 4.78 is 12.1. The van der Waals surface area contributed by atoms with E-state index in [2.05, 4.69) is 32.9 Å². The van der Waals surface area contributed by atoms with Crippen LogP contribution in [-0.4, -0.2) is 19.0 Å². The molecule has 0 radical (unpaired) electrons. The van der Waals surface area contributed by atoms with E-state index in [9.17, 15) is 10.5 Å². The Kier molecular flexibility index (Phi) is 10.6. The number of rotatable bonds is 12. The van der Waals surface area contributed by atoms with Gasteiger partial charge in [-0.2, -0.15) is 10.5 Å². The fourth-order valence-electron chi connectivity index (χ4n) is 2.92. The summed E-state index contributed by atoms with van der Waals surface area (Å²) in [4.78, 5) is 2.49. The number of para-hydroxylation sites is 1. The summed E-state index contributed by atoms with van der Waals surface area (Å²) in [5.41, 5.74) is 7.33. The first-order valence-corrected chi connectivity index (χ1v) is 12.7. The first-order chi connectivity index (χ1) is 15.5. The molecule has 0 unspecified atom stereocenters. The first kappa shape index (κ1) is 25.8. The summed E-state index contributed by atoms with van der Waals surface area (Å²) in [5, 5.41) is 19.9. The second-order valence-corrected chi connectivity index (χ2v) is 9.75. The number of nitrogens with two attached hydrogens (primary N) is 1. The zero-order valence-electron chi connectivity index (χ0n) is 19.2. The highest BCUT2D eigenvalue weighted by atomic mass is 32.2. The van der Waals surface area contributed by atoms with Gasteiger partial charge in [0, 0.05) is 10.6 Å². The van der Waals surface area contributed by atoms with Gasteiger partial charge in [0.05, 0.1) is 23.0 Å². The average molecular weight is 470 g/mol. The summed E-state index contributed by atoms with van der Waals surface area (Å²) in [5.74, 6) is 2.24. The number of nitriles is 2. The number of anilines is 1. The number of ether oxygens (including phenoxy) is 2. The van der Waals surface area contributed by atoms with Gasteiger partial charge in [-0.15, -0.1) is 11.8 Å². The number of nitrogens with zero attached hydrogens (tertiary/aromatic N) is 2. The third-order valence-electron chi connectivity index (χ3n) is 4.65. The SMILES string of the molecule is CCCCSc1c(OCCC(C)C)c(C#N)c(C#N)c(OCC)c1Sc1ccccc1N. The molecule has 2 rings (SSSR count). The lowest BCUT2D eigenvalue weighted by atomic mass is 10.1. The lowest BCUT2D eigenvalue weighted by molar-refractivity contribution is 0.278. The van der Waals surface area contributed by atoms with Crippen LogP contribution in [0.25, 0.3) is 0 Å². The normalized spacial score (nSPS) is 10.6. The molecule has 0 spiro atoms. The van der Waals surface area contributed by atoms with Gasteiger partial charge in [0.1, 0.15) is 23.3 Å². The van der Waals surface area contributed by atoms with Crippen molar-refractivity contribution in [2.45, 2.75) is 61.6 Å². The predicted molar refractivity (Wildman–Crippen MR) is 133 cm³/mol. The van der Waals surface area contributed by atoms with Crippen LogP contribution in [0, 0.1) is 28.6 Å². The van der Waals surface area contributed by atoms with Gasteiger partial charge >= 0.3 is 0 Å². The number of nitrogen functional groups attached to an aromatic ring is 1. The highest BCUT2D eigenvalue weighted by molar-refractivity contribution is 8.02. The van der Waals surface area contributed by atoms with Gasteiger partial charge < -0.3 is 15.2 Å². The van der Waals surface area contributed by atoms with E-state index in [-0.39, 0.29) is 11.1 Å². The number of hydrogen-bond acceptors (Lipinski definition) is 7. The number of benzene rings is 2. The molecule has 2 aromatic rings. The monoisotopic (exact) mass is 469 g/mol. The Morgan fingerprint density at radius 2 is 1.66 bits per heavy atom. The average Bonchev–Trinajstić information content (AvgIpc) is 2.77. The second kappa shape index (κ2) is 13.2. The summed E-state index contributed by atoms with van der Waals surface area (Å²) in [6.07, 6.45) is 2.94. The molecule has 0 saturated heterocycles. The first-order valence-electron chi connectivity index (χ1n) is 10.9. The lowest BCUT2D eigenvalue weighted by Crippen LogP contribution is -2.08. The van der Waals surface area contributed by atoms with Crippen molar-refractivity contribution in [3.05, 3.63) is 35.4 Å². The molecule has 2 N–H and O–H groups in total. The highest BCUT2D eigenvalue weighted by Crippen LogP contribution is 2.51. The van der Waals surface area contributed by atoms with E-state index in [1.807, 2.05) is 31.2 Å². The fourth-order valence-corrected chi connectivity index (χ4v) is 5.36. The minimum Gasteiger partial charge on any atom is -0.491 e. The van der Waals surface area contributed by atoms with E-state index >= 15 is 0 Å². The molecule has 0 amide bonds. The maximum absolute atomic E-state index is 9.98. The minimum atomic E-state index is 0.214. The third kappa shape index (κ3) is 6.51. The van der Waals surface area contributed by atoms with Crippen molar-refractivity contribution in [2.75, 3.05) is 24.7 Å². The van der Waals surface area contributed by atoms with Gasteiger partial charge in [0.2, 0.25) is 0 Å². The van der Waals surface area contributed by atoms with Crippen molar-refractivity contribution in [1.82, 2.24) is 0 Å². The minimum absolute atomic E-state index is 0.214. The van der Waals surface area contributed by atoms with Crippen LogP contribution >= 0.6 is 23.5 Å². The molecule has 0 aromatic heterocycles. The van der Waals surface area contributed by atoms with Crippen LogP contribution < -0.4 is 15.2 Å². The zero-order chi connectivity index (χ0) is 23.5. The number of thioether (sulfide) groups is 1. The van der Waals surface area contributed by atoms with Crippen LogP contribution in [0.15, 0.2) is 39.0 Å². The van der Waals surface area contributed by atoms with E-state index in [0.29, 0.717) is 36.3 Å². The van der Waals surface area contributed by atoms with Gasteiger partial charge in [-0.3, -0.25) is 0 Å². The van der Waals surface area contributed by atoms with Crippen molar-refractivity contribution in [3.63, 3.8) is 0 Å². The fraction of sp³-hybridized carbons (Fsp3) is 0.440. The molecule has 2 aromatic carbocycles. The topological polar surface area (TPSA) is 92.1 Å². The van der Waals surface area contributed by atoms with Gasteiger partial charge in [-0.05, 0) is 43.6 Å². The van der Waals surface area contributed by atoms with Crippen molar-refractivity contribution in [1.29, 1.82) is 10.5 Å². The Hall–Kier alpha value is -2.48. The van der Waals surface area contributed by atoms with Crippen LogP contribution in [0.4, 0.5) is 5.69 Å². The van der Waals surface area contributed by atoms with E-state index in [1.54, 1.807) is 11.8 Å². The molecule has 32 heavy (non-hydrogen) atoms. The van der Waals surface area contributed by atoms with Crippen LogP contribution in [0.3, 0.4) is 0 Å². The Balaban J connectivity index is 2.75. The Morgan fingerprint density at radius 3 is 2.22 bits per heavy atom. The summed E-state index contributed by atoms with van der Waals surface area (Å²) >= 11 is 3.10. The molecule has 0 saturated carbocycles. The summed E-state index contributed by atoms with van der Waals surface area (Å²) in [7, 11) is 0. The lowest BCUT2D eigenvalue weighted by Gasteiger charge is -2.22. The van der Waals surface area contributed by atoms with Crippen molar-refractivity contribution >= 4 is 29.2 Å². The van der Waals surface area contributed by atoms with Crippen molar-refractivity contribution in [3.8, 4) is 23.6 Å². The molecular weight excluding hydrogens is 438 g/mol. The Labute approximate surface area is 200 Å². The maximum Gasteiger partial charge on any atom is 0.153 e. The smallest absolute Gasteiger partial charge is 0.153 e. The van der Waals surface area contributed by atoms with Crippen LogP contribution in [0.5, 0.6) is 11.5 Å².